The van der Waals surface area contributed by atoms with Gasteiger partial charge in [-0.3, -0.25) is 4.90 Å². The van der Waals surface area contributed by atoms with Gasteiger partial charge >= 0.3 is 0 Å². The Balaban J connectivity index is 1.52. The summed E-state index contributed by atoms with van der Waals surface area (Å²) in [5.41, 5.74) is 2.25. The van der Waals surface area contributed by atoms with Crippen molar-refractivity contribution in [1.29, 1.82) is 0 Å². The van der Waals surface area contributed by atoms with E-state index in [4.69, 9.17) is 4.42 Å². The van der Waals surface area contributed by atoms with Crippen molar-refractivity contribution >= 4 is 15.9 Å². The van der Waals surface area contributed by atoms with E-state index in [2.05, 4.69) is 68.3 Å². The molecule has 1 saturated carbocycles. The molecule has 4 nitrogen and oxygen atoms in total. The van der Waals surface area contributed by atoms with E-state index in [-0.39, 0.29) is 0 Å². The highest BCUT2D eigenvalue weighted by Gasteiger charge is 2.32. The summed E-state index contributed by atoms with van der Waals surface area (Å²) in [7, 11) is 0. The van der Waals surface area contributed by atoms with Gasteiger partial charge in [-0.15, -0.1) is 10.2 Å². The van der Waals surface area contributed by atoms with Crippen LogP contribution in [0.5, 0.6) is 0 Å². The maximum Gasteiger partial charge on any atom is 0.247 e. The van der Waals surface area contributed by atoms with Gasteiger partial charge in [-0.05, 0) is 49.4 Å². The molecule has 134 valence electrons. The fourth-order valence-corrected chi connectivity index (χ4v) is 3.67. The molecule has 4 rings (SSSR count). The molecule has 26 heavy (non-hydrogen) atoms. The first-order valence-electron chi connectivity index (χ1n) is 9.05. The van der Waals surface area contributed by atoms with Crippen LogP contribution in [0.25, 0.3) is 11.5 Å². The number of benzene rings is 2. The van der Waals surface area contributed by atoms with E-state index < -0.39 is 0 Å². The first-order chi connectivity index (χ1) is 12.7. The molecule has 1 aliphatic rings. The van der Waals surface area contributed by atoms with Crippen molar-refractivity contribution < 1.29 is 4.42 Å². The molecular formula is C21H22BrN3O. The molecule has 0 N–H and O–H groups in total. The van der Waals surface area contributed by atoms with E-state index in [1.165, 1.54) is 18.4 Å². The topological polar surface area (TPSA) is 42.2 Å². The standard InChI is InChI=1S/C21H22BrN3O/c1-15(17-10-11-17)25(13-16-6-3-2-4-7-16)14-20-23-24-21(26-20)18-8-5-9-19(22)12-18/h2-9,12,15,17H,10-11,13-14H2,1H3. The third-order valence-corrected chi connectivity index (χ3v) is 5.48. The molecule has 1 atom stereocenters. The summed E-state index contributed by atoms with van der Waals surface area (Å²) < 4.78 is 6.96. The van der Waals surface area contributed by atoms with E-state index in [9.17, 15) is 0 Å². The molecule has 0 spiro atoms. The average Bonchev–Trinajstić information content (AvgIpc) is 3.40. The molecule has 0 radical (unpaired) electrons. The molecule has 0 aliphatic heterocycles. The van der Waals surface area contributed by atoms with Crippen LogP contribution in [0.15, 0.2) is 63.5 Å². The van der Waals surface area contributed by atoms with Gasteiger partial charge in [-0.1, -0.05) is 52.3 Å². The maximum absolute atomic E-state index is 5.96. The van der Waals surface area contributed by atoms with Crippen LogP contribution in [-0.4, -0.2) is 21.1 Å². The highest BCUT2D eigenvalue weighted by atomic mass is 79.9. The molecule has 1 aliphatic carbocycles. The molecule has 5 heteroatoms. The van der Waals surface area contributed by atoms with E-state index >= 15 is 0 Å². The lowest BCUT2D eigenvalue weighted by atomic mass is 10.1. The smallest absolute Gasteiger partial charge is 0.247 e. The molecular weight excluding hydrogens is 390 g/mol. The largest absolute Gasteiger partial charge is 0.419 e. The monoisotopic (exact) mass is 411 g/mol. The molecule has 0 bridgehead atoms. The fourth-order valence-electron chi connectivity index (χ4n) is 3.27. The van der Waals surface area contributed by atoms with Gasteiger partial charge in [0.05, 0.1) is 6.54 Å². The summed E-state index contributed by atoms with van der Waals surface area (Å²) >= 11 is 3.49. The first-order valence-corrected chi connectivity index (χ1v) is 9.84. The van der Waals surface area contributed by atoms with Crippen molar-refractivity contribution in [3.8, 4) is 11.5 Å². The third kappa shape index (κ3) is 4.22. The van der Waals surface area contributed by atoms with Gasteiger partial charge in [0.1, 0.15) is 0 Å². The summed E-state index contributed by atoms with van der Waals surface area (Å²) in [5.74, 6) is 2.02. The second kappa shape index (κ2) is 7.72. The maximum atomic E-state index is 5.96. The van der Waals surface area contributed by atoms with E-state index in [0.29, 0.717) is 24.4 Å². The Labute approximate surface area is 162 Å². The molecule has 0 amide bonds. The van der Waals surface area contributed by atoms with Crippen LogP contribution in [-0.2, 0) is 13.1 Å². The lowest BCUT2D eigenvalue weighted by Crippen LogP contribution is -2.33. The molecule has 1 unspecified atom stereocenters. The summed E-state index contributed by atoms with van der Waals surface area (Å²) in [6, 6.07) is 19.0. The minimum absolute atomic E-state index is 0.511. The average molecular weight is 412 g/mol. The van der Waals surface area contributed by atoms with E-state index in [1.807, 2.05) is 24.3 Å². The summed E-state index contributed by atoms with van der Waals surface area (Å²) in [4.78, 5) is 2.45. The van der Waals surface area contributed by atoms with E-state index in [0.717, 1.165) is 22.5 Å². The number of nitrogens with zero attached hydrogens (tertiary/aromatic N) is 3. The number of aromatic nitrogens is 2. The van der Waals surface area contributed by atoms with E-state index in [1.54, 1.807) is 0 Å². The molecule has 0 saturated heterocycles. The number of rotatable bonds is 7. The Morgan fingerprint density at radius 1 is 1.08 bits per heavy atom. The summed E-state index contributed by atoms with van der Waals surface area (Å²) in [6.45, 7) is 3.88. The van der Waals surface area contributed by atoms with Crippen LogP contribution < -0.4 is 0 Å². The van der Waals surface area contributed by atoms with Gasteiger partial charge in [0, 0.05) is 22.6 Å². The van der Waals surface area contributed by atoms with Crippen molar-refractivity contribution in [3.63, 3.8) is 0 Å². The van der Waals surface area contributed by atoms with Crippen LogP contribution in [0.2, 0.25) is 0 Å². The third-order valence-electron chi connectivity index (χ3n) is 4.99. The zero-order valence-corrected chi connectivity index (χ0v) is 16.4. The Hall–Kier alpha value is -1.98. The van der Waals surface area contributed by atoms with Gasteiger partial charge in [0.15, 0.2) is 0 Å². The molecule has 1 heterocycles. The highest BCUT2D eigenvalue weighted by Crippen LogP contribution is 2.36. The highest BCUT2D eigenvalue weighted by molar-refractivity contribution is 9.10. The van der Waals surface area contributed by atoms with Crippen molar-refractivity contribution in [2.45, 2.75) is 38.9 Å². The zero-order valence-electron chi connectivity index (χ0n) is 14.8. The molecule has 1 aromatic heterocycles. The van der Waals surface area contributed by atoms with Crippen LogP contribution >= 0.6 is 15.9 Å². The van der Waals surface area contributed by atoms with Gasteiger partial charge in [0.25, 0.3) is 0 Å². The lowest BCUT2D eigenvalue weighted by molar-refractivity contribution is 0.156. The number of hydrogen-bond acceptors (Lipinski definition) is 4. The van der Waals surface area contributed by atoms with Crippen LogP contribution in [0.4, 0.5) is 0 Å². The van der Waals surface area contributed by atoms with Crippen molar-refractivity contribution in [2.24, 2.45) is 5.92 Å². The second-order valence-corrected chi connectivity index (χ2v) is 7.90. The lowest BCUT2D eigenvalue weighted by Gasteiger charge is -2.28. The normalized spacial score (nSPS) is 15.3. The van der Waals surface area contributed by atoms with Crippen molar-refractivity contribution in [2.75, 3.05) is 0 Å². The summed E-state index contributed by atoms with van der Waals surface area (Å²) in [5, 5.41) is 8.54. The van der Waals surface area contributed by atoms with Crippen LogP contribution in [0, 0.1) is 5.92 Å². The number of hydrogen-bond donors (Lipinski definition) is 0. The molecule has 2 aromatic carbocycles. The van der Waals surface area contributed by atoms with Crippen LogP contribution in [0.3, 0.4) is 0 Å². The van der Waals surface area contributed by atoms with Crippen molar-refractivity contribution in [3.05, 3.63) is 70.5 Å². The Morgan fingerprint density at radius 3 is 2.62 bits per heavy atom. The first kappa shape index (κ1) is 17.4. The fraction of sp³-hybridized carbons (Fsp3) is 0.333. The molecule has 3 aromatic rings. The predicted molar refractivity (Wildman–Crippen MR) is 105 cm³/mol. The Kier molecular flexibility index (Phi) is 5.18. The zero-order chi connectivity index (χ0) is 17.9. The van der Waals surface area contributed by atoms with Crippen LogP contribution in [0.1, 0.15) is 31.2 Å². The second-order valence-electron chi connectivity index (χ2n) is 6.98. The SMILES string of the molecule is CC(C1CC1)N(Cc1ccccc1)Cc1nnc(-c2cccc(Br)c2)o1. The molecule has 1 fully saturated rings. The van der Waals surface area contributed by atoms with Gasteiger partial charge in [0.2, 0.25) is 11.8 Å². The van der Waals surface area contributed by atoms with Gasteiger partial charge in [-0.25, -0.2) is 0 Å². The quantitative estimate of drug-likeness (QED) is 0.528. The van der Waals surface area contributed by atoms with Gasteiger partial charge in [-0.2, -0.15) is 0 Å². The summed E-state index contributed by atoms with van der Waals surface area (Å²) in [6.07, 6.45) is 2.64. The minimum atomic E-state index is 0.511. The Morgan fingerprint density at radius 2 is 1.88 bits per heavy atom. The number of halogens is 1. The predicted octanol–water partition coefficient (Wildman–Crippen LogP) is 5.30. The van der Waals surface area contributed by atoms with Crippen molar-refractivity contribution in [1.82, 2.24) is 15.1 Å². The Bertz CT molecular complexity index is 860. The minimum Gasteiger partial charge on any atom is -0.419 e. The van der Waals surface area contributed by atoms with Gasteiger partial charge < -0.3 is 4.42 Å².